The fraction of sp³-hybridized carbons (Fsp3) is 0.350. The Balaban J connectivity index is 1.39. The topological polar surface area (TPSA) is 67.1 Å². The molecule has 27 heavy (non-hydrogen) atoms. The summed E-state index contributed by atoms with van der Waals surface area (Å²) in [6.07, 6.45) is 4.77. The highest BCUT2D eigenvalue weighted by Crippen LogP contribution is 2.31. The Morgan fingerprint density at radius 1 is 1.07 bits per heavy atom. The lowest BCUT2D eigenvalue weighted by atomic mass is 9.90. The maximum atomic E-state index is 13.0. The molecule has 0 bridgehead atoms. The molecule has 4 rings (SSSR count). The SMILES string of the molecule is Cn1ccnc1C(O)C1CCN(c2ccc(-c3ccc(F)cc3)nn2)CC1. The third kappa shape index (κ3) is 3.68. The quantitative estimate of drug-likeness (QED) is 0.768. The summed E-state index contributed by atoms with van der Waals surface area (Å²) in [4.78, 5) is 6.45. The van der Waals surface area contributed by atoms with Crippen LogP contribution in [0.4, 0.5) is 10.2 Å². The first-order valence-corrected chi connectivity index (χ1v) is 9.12. The molecule has 1 N–H and O–H groups in total. The minimum absolute atomic E-state index is 0.189. The average Bonchev–Trinajstić information content (AvgIpc) is 3.14. The number of aromatic nitrogens is 4. The summed E-state index contributed by atoms with van der Waals surface area (Å²) in [6, 6.07) is 10.1. The molecular weight excluding hydrogens is 345 g/mol. The van der Waals surface area contributed by atoms with Crippen molar-refractivity contribution in [3.8, 4) is 11.3 Å². The predicted molar refractivity (Wildman–Crippen MR) is 101 cm³/mol. The number of aliphatic hydroxyl groups is 1. The lowest BCUT2D eigenvalue weighted by Gasteiger charge is -2.34. The maximum absolute atomic E-state index is 13.0. The Kier molecular flexibility index (Phi) is 4.85. The standard InChI is InChI=1S/C20H22FN5O/c1-25-13-10-22-20(25)19(27)15-8-11-26(12-9-15)18-7-6-17(23-24-18)14-2-4-16(21)5-3-14/h2-7,10,13,15,19,27H,8-9,11-12H2,1H3. The number of hydrogen-bond donors (Lipinski definition) is 1. The Morgan fingerprint density at radius 3 is 2.41 bits per heavy atom. The van der Waals surface area contributed by atoms with Crippen molar-refractivity contribution in [2.24, 2.45) is 13.0 Å². The number of nitrogens with zero attached hydrogens (tertiary/aromatic N) is 5. The Hall–Kier alpha value is -2.80. The molecule has 7 heteroatoms. The molecule has 1 aromatic carbocycles. The van der Waals surface area contributed by atoms with Gasteiger partial charge in [-0.25, -0.2) is 9.37 Å². The minimum Gasteiger partial charge on any atom is -0.385 e. The van der Waals surface area contributed by atoms with E-state index in [1.165, 1.54) is 12.1 Å². The lowest BCUT2D eigenvalue weighted by molar-refractivity contribution is 0.0824. The second-order valence-corrected chi connectivity index (χ2v) is 6.95. The fourth-order valence-electron chi connectivity index (χ4n) is 3.59. The Bertz CT molecular complexity index is 885. The third-order valence-corrected chi connectivity index (χ3v) is 5.22. The summed E-state index contributed by atoms with van der Waals surface area (Å²) in [5.74, 6) is 1.47. The van der Waals surface area contributed by atoms with Gasteiger partial charge in [0, 0.05) is 38.1 Å². The molecule has 1 fully saturated rings. The third-order valence-electron chi connectivity index (χ3n) is 5.22. The average molecular weight is 367 g/mol. The van der Waals surface area contributed by atoms with E-state index in [9.17, 15) is 9.50 Å². The fourth-order valence-corrected chi connectivity index (χ4v) is 3.59. The van der Waals surface area contributed by atoms with Crippen LogP contribution in [-0.4, -0.2) is 37.9 Å². The normalized spacial score (nSPS) is 16.5. The largest absolute Gasteiger partial charge is 0.385 e. The van der Waals surface area contributed by atoms with Gasteiger partial charge in [0.15, 0.2) is 5.82 Å². The first-order valence-electron chi connectivity index (χ1n) is 9.12. The second-order valence-electron chi connectivity index (χ2n) is 6.95. The number of benzene rings is 1. The molecule has 1 atom stereocenters. The summed E-state index contributed by atoms with van der Waals surface area (Å²) in [6.45, 7) is 1.63. The van der Waals surface area contributed by atoms with Crippen LogP contribution >= 0.6 is 0 Å². The van der Waals surface area contributed by atoms with Crippen molar-refractivity contribution in [2.75, 3.05) is 18.0 Å². The van der Waals surface area contributed by atoms with E-state index in [1.54, 1.807) is 18.3 Å². The Labute approximate surface area is 157 Å². The van der Waals surface area contributed by atoms with E-state index < -0.39 is 6.10 Å². The highest BCUT2D eigenvalue weighted by Gasteiger charge is 2.29. The lowest BCUT2D eigenvalue weighted by Crippen LogP contribution is -2.36. The molecular formula is C20H22FN5O. The summed E-state index contributed by atoms with van der Waals surface area (Å²) in [7, 11) is 1.90. The van der Waals surface area contributed by atoms with Crippen molar-refractivity contribution >= 4 is 5.82 Å². The molecule has 140 valence electrons. The number of imidazole rings is 1. The molecule has 0 radical (unpaired) electrons. The second kappa shape index (κ2) is 7.44. The van der Waals surface area contributed by atoms with Crippen molar-refractivity contribution in [3.05, 3.63) is 60.4 Å². The summed E-state index contributed by atoms with van der Waals surface area (Å²) in [5.41, 5.74) is 1.56. The van der Waals surface area contributed by atoms with Gasteiger partial charge in [-0.1, -0.05) is 0 Å². The molecule has 0 saturated carbocycles. The number of hydrogen-bond acceptors (Lipinski definition) is 5. The number of halogens is 1. The molecule has 1 saturated heterocycles. The molecule has 3 aromatic rings. The molecule has 6 nitrogen and oxygen atoms in total. The first-order chi connectivity index (χ1) is 13.1. The zero-order chi connectivity index (χ0) is 18.8. The highest BCUT2D eigenvalue weighted by atomic mass is 19.1. The number of rotatable bonds is 4. The predicted octanol–water partition coefficient (Wildman–Crippen LogP) is 2.97. The van der Waals surface area contributed by atoms with Gasteiger partial charge in [0.2, 0.25) is 0 Å². The van der Waals surface area contributed by atoms with Crippen LogP contribution in [0.25, 0.3) is 11.3 Å². The van der Waals surface area contributed by atoms with Crippen LogP contribution in [0.5, 0.6) is 0 Å². The number of aryl methyl sites for hydroxylation is 1. The van der Waals surface area contributed by atoms with Crippen LogP contribution in [0.2, 0.25) is 0 Å². The van der Waals surface area contributed by atoms with Crippen molar-refractivity contribution in [1.29, 1.82) is 0 Å². The smallest absolute Gasteiger partial charge is 0.151 e. The van der Waals surface area contributed by atoms with E-state index >= 15 is 0 Å². The minimum atomic E-state index is -0.543. The number of aliphatic hydroxyl groups excluding tert-OH is 1. The molecule has 0 spiro atoms. The molecule has 1 aliphatic rings. The van der Waals surface area contributed by atoms with Gasteiger partial charge in [-0.05, 0) is 55.2 Å². The zero-order valence-electron chi connectivity index (χ0n) is 15.2. The van der Waals surface area contributed by atoms with Crippen molar-refractivity contribution in [2.45, 2.75) is 18.9 Å². The van der Waals surface area contributed by atoms with Crippen LogP contribution in [0, 0.1) is 11.7 Å². The van der Waals surface area contributed by atoms with Crippen molar-refractivity contribution in [3.63, 3.8) is 0 Å². The number of anilines is 1. The van der Waals surface area contributed by atoms with Crippen LogP contribution in [0.15, 0.2) is 48.8 Å². The van der Waals surface area contributed by atoms with Crippen molar-refractivity contribution in [1.82, 2.24) is 19.7 Å². The van der Waals surface area contributed by atoms with Gasteiger partial charge in [-0.15, -0.1) is 10.2 Å². The van der Waals surface area contributed by atoms with Crippen LogP contribution in [-0.2, 0) is 7.05 Å². The molecule has 1 unspecified atom stereocenters. The summed E-state index contributed by atoms with van der Waals surface area (Å²) >= 11 is 0. The molecule has 0 amide bonds. The Morgan fingerprint density at radius 2 is 1.81 bits per heavy atom. The van der Waals surface area contributed by atoms with E-state index in [2.05, 4.69) is 20.1 Å². The van der Waals surface area contributed by atoms with Gasteiger partial charge < -0.3 is 14.6 Å². The van der Waals surface area contributed by atoms with Gasteiger partial charge in [0.25, 0.3) is 0 Å². The van der Waals surface area contributed by atoms with Crippen LogP contribution in [0.3, 0.4) is 0 Å². The number of piperidine rings is 1. The maximum Gasteiger partial charge on any atom is 0.151 e. The van der Waals surface area contributed by atoms with Crippen LogP contribution < -0.4 is 4.90 Å². The monoisotopic (exact) mass is 367 g/mol. The molecule has 1 aliphatic heterocycles. The summed E-state index contributed by atoms with van der Waals surface area (Å²) in [5, 5.41) is 19.2. The molecule has 2 aromatic heterocycles. The zero-order valence-corrected chi connectivity index (χ0v) is 15.2. The first kappa shape index (κ1) is 17.6. The van der Waals surface area contributed by atoms with Gasteiger partial charge in [0.1, 0.15) is 17.7 Å². The molecule has 0 aliphatic carbocycles. The van der Waals surface area contributed by atoms with Gasteiger partial charge >= 0.3 is 0 Å². The van der Waals surface area contributed by atoms with E-state index in [4.69, 9.17) is 0 Å². The van der Waals surface area contributed by atoms with Crippen LogP contribution in [0.1, 0.15) is 24.8 Å². The van der Waals surface area contributed by atoms with Gasteiger partial charge in [-0.3, -0.25) is 0 Å². The molecule has 3 heterocycles. The van der Waals surface area contributed by atoms with E-state index in [1.807, 2.05) is 29.9 Å². The van der Waals surface area contributed by atoms with Gasteiger partial charge in [0.05, 0.1) is 5.69 Å². The van der Waals surface area contributed by atoms with E-state index in [0.717, 1.165) is 48.8 Å². The summed E-state index contributed by atoms with van der Waals surface area (Å²) < 4.78 is 14.9. The van der Waals surface area contributed by atoms with E-state index in [0.29, 0.717) is 0 Å². The highest BCUT2D eigenvalue weighted by molar-refractivity contribution is 5.59. The van der Waals surface area contributed by atoms with Crippen molar-refractivity contribution < 1.29 is 9.50 Å². The van der Waals surface area contributed by atoms with Gasteiger partial charge in [-0.2, -0.15) is 0 Å². The van der Waals surface area contributed by atoms with E-state index in [-0.39, 0.29) is 11.7 Å².